The van der Waals surface area contributed by atoms with Crippen molar-refractivity contribution in [2.24, 2.45) is 5.16 Å². The molecule has 0 aliphatic rings. The number of non-ortho nitro benzene ring substituents is 1. The van der Waals surface area contributed by atoms with Gasteiger partial charge in [-0.2, -0.15) is 0 Å². The van der Waals surface area contributed by atoms with Crippen LogP contribution in [-0.2, 0) is 21.0 Å². The van der Waals surface area contributed by atoms with Gasteiger partial charge in [0.1, 0.15) is 12.0 Å². The summed E-state index contributed by atoms with van der Waals surface area (Å²) in [7, 11) is 1.57. The number of nitro groups is 1. The van der Waals surface area contributed by atoms with E-state index in [9.17, 15) is 19.7 Å². The second kappa shape index (κ2) is 10.3. The van der Waals surface area contributed by atoms with Crippen molar-refractivity contribution >= 4 is 29.4 Å². The Kier molecular flexibility index (Phi) is 7.46. The van der Waals surface area contributed by atoms with Crippen LogP contribution in [-0.4, -0.2) is 36.7 Å². The highest BCUT2D eigenvalue weighted by Crippen LogP contribution is 2.16. The predicted octanol–water partition coefficient (Wildman–Crippen LogP) is 1.86. The fourth-order valence-electron chi connectivity index (χ4n) is 2.05. The smallest absolute Gasteiger partial charge is 0.271 e. The van der Waals surface area contributed by atoms with Crippen LogP contribution < -0.4 is 15.4 Å². The maximum atomic E-state index is 11.7. The summed E-state index contributed by atoms with van der Waals surface area (Å²) in [6, 6.07) is 12.6. The van der Waals surface area contributed by atoms with Gasteiger partial charge in [0.25, 0.3) is 17.5 Å². The molecule has 0 atom stereocenters. The van der Waals surface area contributed by atoms with Gasteiger partial charge in [0.2, 0.25) is 0 Å². The quantitative estimate of drug-likeness (QED) is 0.384. The van der Waals surface area contributed by atoms with Crippen LogP contribution >= 0.6 is 0 Å². The highest BCUT2D eigenvalue weighted by molar-refractivity contribution is 6.31. The zero-order valence-electron chi connectivity index (χ0n) is 15.0. The number of ether oxygens (including phenoxy) is 1. The summed E-state index contributed by atoms with van der Waals surface area (Å²) in [5.41, 5.74) is 0.969. The predicted molar refractivity (Wildman–Crippen MR) is 101 cm³/mol. The van der Waals surface area contributed by atoms with Gasteiger partial charge >= 0.3 is 0 Å². The summed E-state index contributed by atoms with van der Waals surface area (Å²) in [5, 5.41) is 19.1. The van der Waals surface area contributed by atoms with E-state index in [0.29, 0.717) is 6.54 Å². The summed E-state index contributed by atoms with van der Waals surface area (Å²) in [6.07, 6.45) is 0.829. The Labute approximate surface area is 160 Å². The first-order valence-electron chi connectivity index (χ1n) is 8.08. The highest BCUT2D eigenvalue weighted by atomic mass is 16.6. The third-order valence-electron chi connectivity index (χ3n) is 3.41. The van der Waals surface area contributed by atoms with E-state index in [4.69, 9.17) is 9.57 Å². The van der Waals surface area contributed by atoms with E-state index in [2.05, 4.69) is 15.8 Å². The van der Waals surface area contributed by atoms with Gasteiger partial charge in [0, 0.05) is 24.4 Å². The normalized spacial score (nSPS) is 10.3. The Morgan fingerprint density at radius 2 is 1.96 bits per heavy atom. The number of anilines is 1. The molecule has 0 spiro atoms. The van der Waals surface area contributed by atoms with Crippen molar-refractivity contribution in [2.45, 2.75) is 6.54 Å². The minimum Gasteiger partial charge on any atom is -0.497 e. The van der Waals surface area contributed by atoms with E-state index in [1.54, 1.807) is 19.2 Å². The molecule has 2 aromatic carbocycles. The summed E-state index contributed by atoms with van der Waals surface area (Å²) in [6.45, 7) is -0.0556. The summed E-state index contributed by atoms with van der Waals surface area (Å²) in [5.74, 6) is -0.345. The number of rotatable bonds is 9. The van der Waals surface area contributed by atoms with Crippen molar-refractivity contribution in [3.8, 4) is 5.75 Å². The van der Waals surface area contributed by atoms with Gasteiger partial charge in [-0.25, -0.2) is 0 Å². The topological polar surface area (TPSA) is 132 Å². The van der Waals surface area contributed by atoms with Crippen LogP contribution in [0.2, 0.25) is 0 Å². The van der Waals surface area contributed by atoms with Crippen molar-refractivity contribution in [1.29, 1.82) is 0 Å². The molecule has 0 fully saturated rings. The third kappa shape index (κ3) is 6.75. The molecule has 28 heavy (non-hydrogen) atoms. The minimum absolute atomic E-state index is 0.153. The molecule has 0 aromatic heterocycles. The van der Waals surface area contributed by atoms with Crippen LogP contribution in [0.15, 0.2) is 53.7 Å². The highest BCUT2D eigenvalue weighted by Gasteiger charge is 2.07. The van der Waals surface area contributed by atoms with E-state index < -0.39 is 16.7 Å². The number of nitrogens with one attached hydrogen (secondary N) is 2. The van der Waals surface area contributed by atoms with Crippen molar-refractivity contribution in [3.05, 3.63) is 64.2 Å². The van der Waals surface area contributed by atoms with Crippen molar-refractivity contribution in [2.75, 3.05) is 19.0 Å². The lowest BCUT2D eigenvalue weighted by molar-refractivity contribution is -0.384. The average Bonchev–Trinajstić information content (AvgIpc) is 2.70. The molecular formula is C18H18N4O6. The molecule has 0 aliphatic carbocycles. The number of nitrogens with zero attached hydrogens (tertiary/aromatic N) is 2. The SMILES string of the molecule is COc1ccc(CNC(=O)CO/N=C\C(=O)Nc2cccc([N+](=O)[O-])c2)cc1. The Morgan fingerprint density at radius 1 is 1.21 bits per heavy atom. The lowest BCUT2D eigenvalue weighted by atomic mass is 10.2. The van der Waals surface area contributed by atoms with Crippen molar-refractivity contribution < 1.29 is 24.1 Å². The number of oxime groups is 1. The van der Waals surface area contributed by atoms with Gasteiger partial charge in [0.05, 0.1) is 12.0 Å². The molecular weight excluding hydrogens is 368 g/mol. The summed E-state index contributed by atoms with van der Waals surface area (Å²) in [4.78, 5) is 38.2. The van der Waals surface area contributed by atoms with Gasteiger partial charge in [-0.15, -0.1) is 0 Å². The molecule has 2 aromatic rings. The van der Waals surface area contributed by atoms with Crippen LogP contribution in [0.3, 0.4) is 0 Å². The number of hydrogen-bond donors (Lipinski definition) is 2. The molecule has 0 unspecified atom stereocenters. The number of nitro benzene ring substituents is 1. The third-order valence-corrected chi connectivity index (χ3v) is 3.41. The molecule has 0 radical (unpaired) electrons. The van der Waals surface area contributed by atoms with E-state index in [1.807, 2.05) is 12.1 Å². The molecule has 0 saturated heterocycles. The molecule has 0 heterocycles. The van der Waals surface area contributed by atoms with E-state index >= 15 is 0 Å². The molecule has 0 aliphatic heterocycles. The zero-order valence-corrected chi connectivity index (χ0v) is 15.0. The number of carbonyl (C=O) groups is 2. The fourth-order valence-corrected chi connectivity index (χ4v) is 2.05. The number of carbonyl (C=O) groups excluding carboxylic acids is 2. The first-order valence-corrected chi connectivity index (χ1v) is 8.08. The van der Waals surface area contributed by atoms with Crippen molar-refractivity contribution in [1.82, 2.24) is 5.32 Å². The average molecular weight is 386 g/mol. The molecule has 0 saturated carbocycles. The van der Waals surface area contributed by atoms with Gasteiger partial charge in [0.15, 0.2) is 6.61 Å². The minimum atomic E-state index is -0.654. The van der Waals surface area contributed by atoms with Gasteiger partial charge in [-0.3, -0.25) is 19.7 Å². The Hall–Kier alpha value is -3.95. The first kappa shape index (κ1) is 20.4. The molecule has 0 bridgehead atoms. The van der Waals surface area contributed by atoms with E-state index in [-0.39, 0.29) is 18.0 Å². The molecule has 2 amide bonds. The lowest BCUT2D eigenvalue weighted by Crippen LogP contribution is -2.26. The fraction of sp³-hybridized carbons (Fsp3) is 0.167. The molecule has 146 valence electrons. The van der Waals surface area contributed by atoms with Gasteiger partial charge in [-0.1, -0.05) is 23.4 Å². The Balaban J connectivity index is 1.70. The largest absolute Gasteiger partial charge is 0.497 e. The van der Waals surface area contributed by atoms with E-state index in [0.717, 1.165) is 17.5 Å². The monoisotopic (exact) mass is 386 g/mol. The first-order chi connectivity index (χ1) is 13.5. The number of benzene rings is 2. The second-order valence-electron chi connectivity index (χ2n) is 5.43. The van der Waals surface area contributed by atoms with Crippen LogP contribution in [0.5, 0.6) is 5.75 Å². The van der Waals surface area contributed by atoms with Gasteiger partial charge < -0.3 is 20.2 Å². The molecule has 2 N–H and O–H groups in total. The van der Waals surface area contributed by atoms with E-state index in [1.165, 1.54) is 24.3 Å². The molecule has 10 heteroatoms. The second-order valence-corrected chi connectivity index (χ2v) is 5.43. The lowest BCUT2D eigenvalue weighted by Gasteiger charge is -2.05. The van der Waals surface area contributed by atoms with Crippen LogP contribution in [0.25, 0.3) is 0 Å². The van der Waals surface area contributed by atoms with Gasteiger partial charge in [-0.05, 0) is 23.8 Å². The number of amides is 2. The Bertz CT molecular complexity index is 867. The van der Waals surface area contributed by atoms with Crippen LogP contribution in [0.4, 0.5) is 11.4 Å². The molecule has 10 nitrogen and oxygen atoms in total. The van der Waals surface area contributed by atoms with Crippen LogP contribution in [0, 0.1) is 10.1 Å². The maximum Gasteiger partial charge on any atom is 0.271 e. The van der Waals surface area contributed by atoms with Crippen molar-refractivity contribution in [3.63, 3.8) is 0 Å². The standard InChI is InChI=1S/C18H18N4O6/c1-27-16-7-5-13(6-8-16)10-19-18(24)12-28-20-11-17(23)21-14-3-2-4-15(9-14)22(25)26/h2-9,11H,10,12H2,1H3,(H,19,24)(H,21,23)/b20-11-. The molecule has 2 rings (SSSR count). The van der Waals surface area contributed by atoms with Crippen LogP contribution in [0.1, 0.15) is 5.56 Å². The number of methoxy groups -OCH3 is 1. The number of hydrogen-bond acceptors (Lipinski definition) is 7. The zero-order chi connectivity index (χ0) is 20.4. The summed E-state index contributed by atoms with van der Waals surface area (Å²) >= 11 is 0. The Morgan fingerprint density at radius 3 is 2.64 bits per heavy atom. The summed E-state index contributed by atoms with van der Waals surface area (Å²) < 4.78 is 5.05. The maximum absolute atomic E-state index is 11.7.